The average molecular weight is 388 g/mol. The zero-order chi connectivity index (χ0) is 20.1. The molecule has 1 amide bonds. The number of carbonyl (C=O) groups is 2. The lowest BCUT2D eigenvalue weighted by atomic mass is 9.47. The van der Waals surface area contributed by atoms with E-state index in [2.05, 4.69) is 32.2 Å². The minimum Gasteiger partial charge on any atom is -0.462 e. The van der Waals surface area contributed by atoms with E-state index in [1.807, 2.05) is 0 Å². The van der Waals surface area contributed by atoms with Gasteiger partial charge in [0, 0.05) is 19.4 Å². The van der Waals surface area contributed by atoms with Gasteiger partial charge in [0.25, 0.3) is 0 Å². The van der Waals surface area contributed by atoms with Gasteiger partial charge in [-0.1, -0.05) is 25.5 Å². The van der Waals surface area contributed by atoms with Crippen LogP contribution >= 0.6 is 0 Å². The van der Waals surface area contributed by atoms with Gasteiger partial charge in [-0.25, -0.2) is 0 Å². The van der Waals surface area contributed by atoms with Crippen LogP contribution in [0, 0.1) is 34.5 Å². The molecule has 0 heterocycles. The summed E-state index contributed by atoms with van der Waals surface area (Å²) < 4.78 is 5.55. The third-order valence-electron chi connectivity index (χ3n) is 9.40. The van der Waals surface area contributed by atoms with E-state index in [0.29, 0.717) is 11.3 Å². The number of amides is 1. The number of fused-ring (bicyclic) bond motifs is 5. The first-order valence-corrected chi connectivity index (χ1v) is 11.4. The number of carbonyl (C=O) groups excluding carboxylic acids is 2. The second kappa shape index (κ2) is 7.18. The Labute approximate surface area is 169 Å². The number of rotatable bonds is 4. The van der Waals surface area contributed by atoms with Crippen molar-refractivity contribution < 1.29 is 14.3 Å². The van der Waals surface area contributed by atoms with Crippen LogP contribution in [0.4, 0.5) is 0 Å². The minimum atomic E-state index is -0.147. The van der Waals surface area contributed by atoms with Crippen LogP contribution in [0.25, 0.3) is 0 Å². The predicted molar refractivity (Wildman–Crippen MR) is 109 cm³/mol. The van der Waals surface area contributed by atoms with Gasteiger partial charge in [-0.15, -0.1) is 0 Å². The summed E-state index contributed by atoms with van der Waals surface area (Å²) in [6.07, 6.45) is 12.9. The SMILES string of the molecule is CC(=O)OC1CCC2(C)C(=CCC3C2CCC2(C)C(C(C)NC=O)CCC32)C1. The van der Waals surface area contributed by atoms with Gasteiger partial charge in [0.15, 0.2) is 0 Å². The fourth-order valence-electron chi connectivity index (χ4n) is 8.05. The van der Waals surface area contributed by atoms with Crippen LogP contribution < -0.4 is 5.32 Å². The predicted octanol–water partition coefficient (Wildman–Crippen LogP) is 4.63. The fraction of sp³-hybridized carbons (Fsp3) is 0.833. The van der Waals surface area contributed by atoms with Crippen LogP contribution in [0.2, 0.25) is 0 Å². The smallest absolute Gasteiger partial charge is 0.302 e. The Morgan fingerprint density at radius 3 is 2.71 bits per heavy atom. The van der Waals surface area contributed by atoms with Crippen molar-refractivity contribution in [1.29, 1.82) is 0 Å². The van der Waals surface area contributed by atoms with Crippen LogP contribution in [-0.2, 0) is 14.3 Å². The van der Waals surface area contributed by atoms with E-state index in [4.69, 9.17) is 4.74 Å². The Morgan fingerprint density at radius 2 is 2.00 bits per heavy atom. The molecule has 28 heavy (non-hydrogen) atoms. The minimum absolute atomic E-state index is 0.0772. The van der Waals surface area contributed by atoms with Crippen molar-refractivity contribution >= 4 is 12.4 Å². The van der Waals surface area contributed by atoms with Crippen molar-refractivity contribution in [1.82, 2.24) is 5.32 Å². The molecular formula is C24H37NO3. The summed E-state index contributed by atoms with van der Waals surface area (Å²) in [7, 11) is 0. The quantitative estimate of drug-likeness (QED) is 0.435. The van der Waals surface area contributed by atoms with Gasteiger partial charge in [-0.05, 0) is 86.4 Å². The normalized spacial score (nSPS) is 45.7. The van der Waals surface area contributed by atoms with Gasteiger partial charge in [0.1, 0.15) is 6.10 Å². The van der Waals surface area contributed by atoms with E-state index in [0.717, 1.165) is 43.4 Å². The molecule has 156 valence electrons. The van der Waals surface area contributed by atoms with Crippen LogP contribution in [0.1, 0.15) is 79.1 Å². The maximum atomic E-state index is 11.4. The zero-order valence-electron chi connectivity index (χ0n) is 18.0. The summed E-state index contributed by atoms with van der Waals surface area (Å²) in [4.78, 5) is 22.4. The van der Waals surface area contributed by atoms with E-state index in [9.17, 15) is 9.59 Å². The molecule has 0 aromatic carbocycles. The van der Waals surface area contributed by atoms with E-state index in [1.165, 1.54) is 39.0 Å². The summed E-state index contributed by atoms with van der Waals surface area (Å²) in [6.45, 7) is 8.71. The number of ether oxygens (including phenoxy) is 1. The van der Waals surface area contributed by atoms with Gasteiger partial charge >= 0.3 is 5.97 Å². The monoisotopic (exact) mass is 387 g/mol. The lowest BCUT2D eigenvalue weighted by Crippen LogP contribution is -2.52. The van der Waals surface area contributed by atoms with Crippen LogP contribution in [0.15, 0.2) is 11.6 Å². The standard InChI is InChI=1S/C24H37NO3/c1-15(25-14-26)20-7-8-21-19-6-5-17-13-18(28-16(2)27)9-11-23(17,3)22(19)10-12-24(20,21)4/h5,14-15,18-22H,6-13H2,1-4H3,(H,25,26). The largest absolute Gasteiger partial charge is 0.462 e. The number of nitrogens with one attached hydrogen (secondary N) is 1. The molecule has 3 saturated carbocycles. The van der Waals surface area contributed by atoms with E-state index in [1.54, 1.807) is 5.57 Å². The van der Waals surface area contributed by atoms with Crippen molar-refractivity contribution in [2.75, 3.05) is 0 Å². The molecule has 4 rings (SSSR count). The molecule has 0 spiro atoms. The van der Waals surface area contributed by atoms with Crippen LogP contribution in [0.5, 0.6) is 0 Å². The molecule has 4 aliphatic carbocycles. The molecular weight excluding hydrogens is 350 g/mol. The summed E-state index contributed by atoms with van der Waals surface area (Å²) in [5.41, 5.74) is 2.19. The molecule has 8 unspecified atom stereocenters. The van der Waals surface area contributed by atoms with Crippen molar-refractivity contribution in [2.45, 2.75) is 91.2 Å². The number of esters is 1. The Morgan fingerprint density at radius 1 is 1.21 bits per heavy atom. The Bertz CT molecular complexity index is 673. The molecule has 4 aliphatic rings. The molecule has 4 nitrogen and oxygen atoms in total. The molecule has 0 aliphatic heterocycles. The lowest BCUT2D eigenvalue weighted by Gasteiger charge is -2.58. The maximum Gasteiger partial charge on any atom is 0.302 e. The van der Waals surface area contributed by atoms with Crippen LogP contribution in [0.3, 0.4) is 0 Å². The third-order valence-corrected chi connectivity index (χ3v) is 9.40. The van der Waals surface area contributed by atoms with Crippen molar-refractivity contribution in [3.8, 4) is 0 Å². The zero-order valence-corrected chi connectivity index (χ0v) is 18.0. The first kappa shape index (κ1) is 20.0. The van der Waals surface area contributed by atoms with Gasteiger partial charge in [-0.2, -0.15) is 0 Å². The number of hydrogen-bond acceptors (Lipinski definition) is 3. The van der Waals surface area contributed by atoms with Gasteiger partial charge in [-0.3, -0.25) is 9.59 Å². The van der Waals surface area contributed by atoms with E-state index >= 15 is 0 Å². The summed E-state index contributed by atoms with van der Waals surface area (Å²) in [6, 6.07) is 0.272. The highest BCUT2D eigenvalue weighted by molar-refractivity contribution is 5.66. The molecule has 0 radical (unpaired) electrons. The Balaban J connectivity index is 1.55. The fourth-order valence-corrected chi connectivity index (χ4v) is 8.05. The van der Waals surface area contributed by atoms with Gasteiger partial charge in [0.05, 0.1) is 0 Å². The highest BCUT2D eigenvalue weighted by Gasteiger charge is 2.59. The maximum absolute atomic E-state index is 11.4. The molecule has 0 aromatic heterocycles. The van der Waals surface area contributed by atoms with Gasteiger partial charge in [0.2, 0.25) is 6.41 Å². The molecule has 0 saturated heterocycles. The van der Waals surface area contributed by atoms with E-state index < -0.39 is 0 Å². The van der Waals surface area contributed by atoms with Gasteiger partial charge < -0.3 is 10.1 Å². The first-order chi connectivity index (χ1) is 13.3. The molecule has 0 bridgehead atoms. The second-order valence-corrected chi connectivity index (χ2v) is 10.5. The highest BCUT2D eigenvalue weighted by Crippen LogP contribution is 2.66. The summed E-state index contributed by atoms with van der Waals surface area (Å²) in [5.74, 6) is 2.75. The molecule has 3 fully saturated rings. The summed E-state index contributed by atoms with van der Waals surface area (Å²) >= 11 is 0. The third kappa shape index (κ3) is 3.02. The Hall–Kier alpha value is -1.32. The van der Waals surface area contributed by atoms with Crippen molar-refractivity contribution in [2.24, 2.45) is 34.5 Å². The average Bonchev–Trinajstić information content (AvgIpc) is 2.99. The molecule has 0 aromatic rings. The summed E-state index contributed by atoms with van der Waals surface area (Å²) in [5, 5.41) is 3.06. The van der Waals surface area contributed by atoms with Crippen molar-refractivity contribution in [3.63, 3.8) is 0 Å². The molecule has 4 heteroatoms. The lowest BCUT2D eigenvalue weighted by molar-refractivity contribution is -0.148. The number of allylic oxidation sites excluding steroid dienone is 1. The molecule has 1 N–H and O–H groups in total. The highest BCUT2D eigenvalue weighted by atomic mass is 16.5. The molecule has 8 atom stereocenters. The first-order valence-electron chi connectivity index (χ1n) is 11.4. The Kier molecular flexibility index (Phi) is 5.12. The van der Waals surface area contributed by atoms with E-state index in [-0.39, 0.29) is 23.5 Å². The topological polar surface area (TPSA) is 55.4 Å². The van der Waals surface area contributed by atoms with Crippen molar-refractivity contribution in [3.05, 3.63) is 11.6 Å². The van der Waals surface area contributed by atoms with Crippen LogP contribution in [-0.4, -0.2) is 24.5 Å². The second-order valence-electron chi connectivity index (χ2n) is 10.5. The number of hydrogen-bond donors (Lipinski definition) is 1.